The van der Waals surface area contributed by atoms with E-state index in [1.807, 2.05) is 6.92 Å². The number of likely N-dealkylation sites (tertiary alicyclic amines) is 1. The molecule has 1 amide bonds. The van der Waals surface area contributed by atoms with Gasteiger partial charge in [0.2, 0.25) is 0 Å². The molecule has 0 radical (unpaired) electrons. The number of nitrogens with zero attached hydrogens (tertiary/aromatic N) is 2. The van der Waals surface area contributed by atoms with Gasteiger partial charge in [0.05, 0.1) is 10.6 Å². The van der Waals surface area contributed by atoms with E-state index in [9.17, 15) is 4.79 Å². The van der Waals surface area contributed by atoms with E-state index in [1.54, 1.807) is 12.3 Å². The second kappa shape index (κ2) is 6.16. The third-order valence-corrected chi connectivity index (χ3v) is 3.43. The summed E-state index contributed by atoms with van der Waals surface area (Å²) in [4.78, 5) is 18.3. The minimum atomic E-state index is -0.130. The smallest absolute Gasteiger partial charge is 0.253 e. The molecule has 1 aliphatic rings. The number of pyridine rings is 1. The van der Waals surface area contributed by atoms with Crippen LogP contribution in [0.15, 0.2) is 18.5 Å². The highest BCUT2D eigenvalue weighted by molar-refractivity contribution is 6.33. The number of rotatable bonds is 4. The van der Waals surface area contributed by atoms with Crippen LogP contribution in [0.1, 0.15) is 30.1 Å². The largest absolute Gasteiger partial charge is 0.348 e. The molecule has 0 saturated carbocycles. The van der Waals surface area contributed by atoms with Gasteiger partial charge in [0.1, 0.15) is 0 Å². The Labute approximate surface area is 112 Å². The third kappa shape index (κ3) is 3.43. The van der Waals surface area contributed by atoms with Gasteiger partial charge in [0.25, 0.3) is 5.91 Å². The molecule has 2 rings (SSSR count). The van der Waals surface area contributed by atoms with Crippen molar-refractivity contribution in [2.24, 2.45) is 0 Å². The second-order valence-electron chi connectivity index (χ2n) is 4.74. The Bertz CT molecular complexity index is 418. The average Bonchev–Trinajstić information content (AvgIpc) is 2.82. The van der Waals surface area contributed by atoms with Crippen LogP contribution in [0.5, 0.6) is 0 Å². The highest BCUT2D eigenvalue weighted by Crippen LogP contribution is 2.13. The maximum atomic E-state index is 12.0. The van der Waals surface area contributed by atoms with Crippen molar-refractivity contribution < 1.29 is 4.79 Å². The van der Waals surface area contributed by atoms with Gasteiger partial charge in [-0.2, -0.15) is 0 Å². The lowest BCUT2D eigenvalue weighted by Crippen LogP contribution is -2.41. The van der Waals surface area contributed by atoms with Crippen LogP contribution in [0.25, 0.3) is 0 Å². The molecule has 0 aromatic carbocycles. The summed E-state index contributed by atoms with van der Waals surface area (Å²) >= 11 is 5.94. The molecule has 1 aliphatic heterocycles. The van der Waals surface area contributed by atoms with E-state index in [1.165, 1.54) is 19.0 Å². The van der Waals surface area contributed by atoms with Crippen molar-refractivity contribution >= 4 is 17.5 Å². The summed E-state index contributed by atoms with van der Waals surface area (Å²) in [6.07, 6.45) is 5.58. The van der Waals surface area contributed by atoms with E-state index in [0.29, 0.717) is 10.6 Å². The highest BCUT2D eigenvalue weighted by atomic mass is 35.5. The predicted octanol–water partition coefficient (Wildman–Crippen LogP) is 1.95. The molecule has 0 spiro atoms. The molecule has 1 aromatic rings. The molecule has 98 valence electrons. The molecular formula is C13H18ClN3O. The number of hydrogen-bond acceptors (Lipinski definition) is 3. The highest BCUT2D eigenvalue weighted by Gasteiger charge is 2.17. The van der Waals surface area contributed by atoms with Gasteiger partial charge in [-0.15, -0.1) is 0 Å². The normalized spacial score (nSPS) is 17.7. The number of carbonyl (C=O) groups excluding carboxylic acids is 1. The van der Waals surface area contributed by atoms with E-state index in [-0.39, 0.29) is 11.9 Å². The Morgan fingerprint density at radius 2 is 2.28 bits per heavy atom. The maximum Gasteiger partial charge on any atom is 0.253 e. The van der Waals surface area contributed by atoms with Gasteiger partial charge in [-0.3, -0.25) is 9.78 Å². The lowest BCUT2D eigenvalue weighted by Gasteiger charge is -2.21. The number of aromatic nitrogens is 1. The van der Waals surface area contributed by atoms with Gasteiger partial charge in [-0.05, 0) is 38.9 Å². The zero-order valence-electron chi connectivity index (χ0n) is 10.5. The summed E-state index contributed by atoms with van der Waals surface area (Å²) in [6.45, 7) is 5.19. The zero-order valence-corrected chi connectivity index (χ0v) is 11.3. The molecule has 1 aromatic heterocycles. The molecule has 1 unspecified atom stereocenters. The molecule has 0 aliphatic carbocycles. The molecule has 1 saturated heterocycles. The average molecular weight is 268 g/mol. The molecule has 1 N–H and O–H groups in total. The van der Waals surface area contributed by atoms with E-state index in [4.69, 9.17) is 11.6 Å². The lowest BCUT2D eigenvalue weighted by molar-refractivity contribution is 0.0932. The van der Waals surface area contributed by atoms with Crippen LogP contribution in [0.2, 0.25) is 5.02 Å². The topological polar surface area (TPSA) is 45.2 Å². The number of amides is 1. The van der Waals surface area contributed by atoms with Gasteiger partial charge >= 0.3 is 0 Å². The van der Waals surface area contributed by atoms with Crippen molar-refractivity contribution in [2.45, 2.75) is 25.8 Å². The molecule has 0 bridgehead atoms. The first-order valence-corrected chi connectivity index (χ1v) is 6.67. The second-order valence-corrected chi connectivity index (χ2v) is 5.14. The van der Waals surface area contributed by atoms with Crippen molar-refractivity contribution in [1.82, 2.24) is 15.2 Å². The molecule has 1 fully saturated rings. The Morgan fingerprint density at radius 3 is 2.94 bits per heavy atom. The fourth-order valence-corrected chi connectivity index (χ4v) is 2.46. The van der Waals surface area contributed by atoms with Gasteiger partial charge in [-0.25, -0.2) is 0 Å². The predicted molar refractivity (Wildman–Crippen MR) is 71.8 cm³/mol. The van der Waals surface area contributed by atoms with Crippen LogP contribution in [-0.4, -0.2) is 41.5 Å². The Morgan fingerprint density at radius 1 is 1.56 bits per heavy atom. The Balaban J connectivity index is 1.88. The first-order valence-electron chi connectivity index (χ1n) is 6.29. The van der Waals surface area contributed by atoms with Crippen LogP contribution in [0.4, 0.5) is 0 Å². The van der Waals surface area contributed by atoms with Crippen molar-refractivity contribution in [3.05, 3.63) is 29.0 Å². The summed E-state index contributed by atoms with van der Waals surface area (Å²) in [7, 11) is 0. The van der Waals surface area contributed by atoms with Crippen molar-refractivity contribution in [2.75, 3.05) is 19.6 Å². The van der Waals surface area contributed by atoms with Crippen molar-refractivity contribution in [3.63, 3.8) is 0 Å². The van der Waals surface area contributed by atoms with Crippen LogP contribution < -0.4 is 5.32 Å². The molecule has 1 atom stereocenters. The first-order chi connectivity index (χ1) is 8.66. The monoisotopic (exact) mass is 267 g/mol. The Hall–Kier alpha value is -1.13. The summed E-state index contributed by atoms with van der Waals surface area (Å²) in [5, 5.41) is 3.36. The summed E-state index contributed by atoms with van der Waals surface area (Å²) in [6, 6.07) is 1.76. The molecule has 4 nitrogen and oxygen atoms in total. The number of nitrogens with one attached hydrogen (secondary N) is 1. The summed E-state index contributed by atoms with van der Waals surface area (Å²) < 4.78 is 0. The molecule has 2 heterocycles. The number of hydrogen-bond donors (Lipinski definition) is 1. The van der Waals surface area contributed by atoms with E-state index in [2.05, 4.69) is 15.2 Å². The minimum absolute atomic E-state index is 0.125. The summed E-state index contributed by atoms with van der Waals surface area (Å²) in [5.41, 5.74) is 0.486. The Kier molecular flexibility index (Phi) is 4.55. The molecule has 5 heteroatoms. The number of halogens is 1. The zero-order chi connectivity index (χ0) is 13.0. The molecular weight excluding hydrogens is 250 g/mol. The summed E-state index contributed by atoms with van der Waals surface area (Å²) in [5.74, 6) is -0.130. The van der Waals surface area contributed by atoms with E-state index >= 15 is 0 Å². The minimum Gasteiger partial charge on any atom is -0.348 e. The van der Waals surface area contributed by atoms with Crippen LogP contribution in [-0.2, 0) is 0 Å². The SMILES string of the molecule is CC(CN1CCCC1)NC(=O)c1ccncc1Cl. The van der Waals surface area contributed by atoms with E-state index in [0.717, 1.165) is 19.6 Å². The van der Waals surface area contributed by atoms with Gasteiger partial charge < -0.3 is 10.2 Å². The number of carbonyl (C=O) groups is 1. The molecule has 18 heavy (non-hydrogen) atoms. The van der Waals surface area contributed by atoms with Crippen molar-refractivity contribution in [3.8, 4) is 0 Å². The van der Waals surface area contributed by atoms with Gasteiger partial charge in [-0.1, -0.05) is 11.6 Å². The lowest BCUT2D eigenvalue weighted by atomic mass is 10.2. The fraction of sp³-hybridized carbons (Fsp3) is 0.538. The van der Waals surface area contributed by atoms with Crippen molar-refractivity contribution in [1.29, 1.82) is 0 Å². The van der Waals surface area contributed by atoms with Crippen LogP contribution in [0, 0.1) is 0 Å². The van der Waals surface area contributed by atoms with Gasteiger partial charge in [0, 0.05) is 25.0 Å². The third-order valence-electron chi connectivity index (χ3n) is 3.13. The fourth-order valence-electron chi connectivity index (χ4n) is 2.26. The van der Waals surface area contributed by atoms with Crippen LogP contribution in [0.3, 0.4) is 0 Å². The standard InChI is InChI=1S/C13H18ClN3O/c1-10(9-17-6-2-3-7-17)16-13(18)11-4-5-15-8-12(11)14/h4-5,8,10H,2-3,6-7,9H2,1H3,(H,16,18). The van der Waals surface area contributed by atoms with E-state index < -0.39 is 0 Å². The van der Waals surface area contributed by atoms with Crippen LogP contribution >= 0.6 is 11.6 Å². The first kappa shape index (κ1) is 13.3. The van der Waals surface area contributed by atoms with Gasteiger partial charge in [0.15, 0.2) is 0 Å². The quantitative estimate of drug-likeness (QED) is 0.907. The maximum absolute atomic E-state index is 12.0.